The van der Waals surface area contributed by atoms with Gasteiger partial charge >= 0.3 is 0 Å². The highest BCUT2D eigenvalue weighted by atomic mass is 19.1. The summed E-state index contributed by atoms with van der Waals surface area (Å²) in [6.07, 6.45) is 0. The zero-order valence-corrected chi connectivity index (χ0v) is 11.7. The van der Waals surface area contributed by atoms with Crippen LogP contribution in [-0.4, -0.2) is 0 Å². The average Bonchev–Trinajstić information content (AvgIpc) is 2.40. The molecule has 0 saturated heterocycles. The van der Waals surface area contributed by atoms with Crippen molar-refractivity contribution in [2.24, 2.45) is 0 Å². The number of halogens is 1. The van der Waals surface area contributed by atoms with Crippen LogP contribution in [-0.2, 0) is 6.54 Å². The lowest BCUT2D eigenvalue weighted by Gasteiger charge is -2.16. The molecule has 0 aliphatic carbocycles. The number of aryl methyl sites for hydroxylation is 2. The summed E-state index contributed by atoms with van der Waals surface area (Å²) in [4.78, 5) is 0. The van der Waals surface area contributed by atoms with Gasteiger partial charge in [-0.05, 0) is 49.6 Å². The smallest absolute Gasteiger partial charge is 0.123 e. The van der Waals surface area contributed by atoms with Crippen molar-refractivity contribution >= 4 is 0 Å². The summed E-state index contributed by atoms with van der Waals surface area (Å²) in [5.74, 6) is -0.189. The molecule has 0 aliphatic rings. The van der Waals surface area contributed by atoms with E-state index < -0.39 is 0 Å². The van der Waals surface area contributed by atoms with Gasteiger partial charge in [0, 0.05) is 12.6 Å². The van der Waals surface area contributed by atoms with Crippen molar-refractivity contribution in [2.75, 3.05) is 0 Å². The molecule has 1 N–H and O–H groups in total. The molecular weight excluding hydrogens is 237 g/mol. The van der Waals surface area contributed by atoms with Gasteiger partial charge in [-0.25, -0.2) is 4.39 Å². The van der Waals surface area contributed by atoms with Gasteiger partial charge in [0.25, 0.3) is 0 Å². The second-order valence-corrected chi connectivity index (χ2v) is 5.08. The fraction of sp³-hybridized carbons (Fsp3) is 0.294. The molecule has 0 heterocycles. The van der Waals surface area contributed by atoms with Crippen LogP contribution in [0.15, 0.2) is 42.5 Å². The first kappa shape index (κ1) is 13.8. The van der Waals surface area contributed by atoms with Crippen molar-refractivity contribution in [1.29, 1.82) is 0 Å². The van der Waals surface area contributed by atoms with Gasteiger partial charge in [-0.3, -0.25) is 0 Å². The molecule has 0 unspecified atom stereocenters. The van der Waals surface area contributed by atoms with Crippen LogP contribution in [0.25, 0.3) is 0 Å². The maximum Gasteiger partial charge on any atom is 0.123 e. The summed E-state index contributed by atoms with van der Waals surface area (Å²) in [5, 5.41) is 3.48. The van der Waals surface area contributed by atoms with E-state index in [9.17, 15) is 4.39 Å². The van der Waals surface area contributed by atoms with E-state index in [2.05, 4.69) is 44.3 Å². The van der Waals surface area contributed by atoms with Crippen molar-refractivity contribution in [3.8, 4) is 0 Å². The van der Waals surface area contributed by atoms with Crippen LogP contribution in [0.4, 0.5) is 4.39 Å². The third-order valence-electron chi connectivity index (χ3n) is 3.47. The maximum atomic E-state index is 12.9. The lowest BCUT2D eigenvalue weighted by molar-refractivity contribution is 0.570. The molecule has 100 valence electrons. The average molecular weight is 257 g/mol. The minimum atomic E-state index is -0.189. The van der Waals surface area contributed by atoms with Crippen LogP contribution in [0, 0.1) is 19.7 Å². The molecule has 1 atom stereocenters. The molecule has 2 heteroatoms. The molecular formula is C17H20FN. The van der Waals surface area contributed by atoms with Gasteiger partial charge in [-0.15, -0.1) is 0 Å². The zero-order valence-electron chi connectivity index (χ0n) is 11.7. The minimum absolute atomic E-state index is 0.189. The molecule has 0 aliphatic heterocycles. The molecule has 0 fully saturated rings. The Morgan fingerprint density at radius 2 is 1.74 bits per heavy atom. The molecule has 0 aromatic heterocycles. The Labute approximate surface area is 114 Å². The van der Waals surface area contributed by atoms with Crippen molar-refractivity contribution < 1.29 is 4.39 Å². The second-order valence-electron chi connectivity index (χ2n) is 5.08. The molecule has 1 nitrogen and oxygen atoms in total. The SMILES string of the molecule is Cc1ccc(C)c(CN[C@@H](C)c2ccc(F)cc2)c1. The predicted molar refractivity (Wildman–Crippen MR) is 77.6 cm³/mol. The quantitative estimate of drug-likeness (QED) is 0.861. The molecule has 0 bridgehead atoms. The van der Waals surface area contributed by atoms with Gasteiger partial charge in [-0.2, -0.15) is 0 Å². The van der Waals surface area contributed by atoms with E-state index in [0.29, 0.717) is 0 Å². The van der Waals surface area contributed by atoms with Gasteiger partial charge in [0.1, 0.15) is 5.82 Å². The molecule has 19 heavy (non-hydrogen) atoms. The van der Waals surface area contributed by atoms with E-state index in [1.54, 1.807) is 0 Å². The summed E-state index contributed by atoms with van der Waals surface area (Å²) in [6.45, 7) is 7.15. The Morgan fingerprint density at radius 1 is 1.05 bits per heavy atom. The minimum Gasteiger partial charge on any atom is -0.306 e. The van der Waals surface area contributed by atoms with E-state index in [0.717, 1.165) is 12.1 Å². The molecule has 0 spiro atoms. The van der Waals surface area contributed by atoms with Crippen LogP contribution >= 0.6 is 0 Å². The Morgan fingerprint density at radius 3 is 2.42 bits per heavy atom. The lowest BCUT2D eigenvalue weighted by atomic mass is 10.0. The van der Waals surface area contributed by atoms with E-state index in [1.165, 1.54) is 28.8 Å². The summed E-state index contributed by atoms with van der Waals surface area (Å²) >= 11 is 0. The van der Waals surface area contributed by atoms with Crippen LogP contribution in [0.2, 0.25) is 0 Å². The van der Waals surface area contributed by atoms with Crippen LogP contribution in [0.1, 0.15) is 35.2 Å². The van der Waals surface area contributed by atoms with Crippen molar-refractivity contribution in [2.45, 2.75) is 33.4 Å². The fourth-order valence-electron chi connectivity index (χ4n) is 2.12. The topological polar surface area (TPSA) is 12.0 Å². The van der Waals surface area contributed by atoms with Gasteiger partial charge < -0.3 is 5.32 Å². The molecule has 0 radical (unpaired) electrons. The largest absolute Gasteiger partial charge is 0.306 e. The number of benzene rings is 2. The Kier molecular flexibility index (Phi) is 4.33. The summed E-state index contributed by atoms with van der Waals surface area (Å²) in [6, 6.07) is 13.4. The van der Waals surface area contributed by atoms with Crippen molar-refractivity contribution in [1.82, 2.24) is 5.32 Å². The Bertz CT molecular complexity index is 546. The molecule has 2 aromatic carbocycles. The molecule has 2 aromatic rings. The highest BCUT2D eigenvalue weighted by Gasteiger charge is 2.06. The molecule has 0 saturated carbocycles. The third-order valence-corrected chi connectivity index (χ3v) is 3.47. The zero-order chi connectivity index (χ0) is 13.8. The Balaban J connectivity index is 2.02. The second kappa shape index (κ2) is 5.98. The monoisotopic (exact) mass is 257 g/mol. The van der Waals surface area contributed by atoms with Crippen LogP contribution < -0.4 is 5.32 Å². The highest BCUT2D eigenvalue weighted by molar-refractivity contribution is 5.30. The normalized spacial score (nSPS) is 12.4. The first-order valence-electron chi connectivity index (χ1n) is 6.61. The third kappa shape index (κ3) is 3.65. The van der Waals surface area contributed by atoms with Crippen molar-refractivity contribution in [3.05, 3.63) is 70.5 Å². The summed E-state index contributed by atoms with van der Waals surface area (Å²) in [5.41, 5.74) is 4.99. The van der Waals surface area contributed by atoms with Crippen LogP contribution in [0.3, 0.4) is 0 Å². The number of hydrogen-bond donors (Lipinski definition) is 1. The van der Waals surface area contributed by atoms with Gasteiger partial charge in [0.15, 0.2) is 0 Å². The first-order chi connectivity index (χ1) is 9.06. The molecule has 2 rings (SSSR count). The van der Waals surface area contributed by atoms with Crippen LogP contribution in [0.5, 0.6) is 0 Å². The predicted octanol–water partition coefficient (Wildman–Crippen LogP) is 4.29. The number of hydrogen-bond acceptors (Lipinski definition) is 1. The van der Waals surface area contributed by atoms with E-state index in [1.807, 2.05) is 12.1 Å². The van der Waals surface area contributed by atoms with E-state index >= 15 is 0 Å². The lowest BCUT2D eigenvalue weighted by Crippen LogP contribution is -2.18. The van der Waals surface area contributed by atoms with Crippen molar-refractivity contribution in [3.63, 3.8) is 0 Å². The highest BCUT2D eigenvalue weighted by Crippen LogP contribution is 2.15. The first-order valence-corrected chi connectivity index (χ1v) is 6.61. The number of nitrogens with one attached hydrogen (secondary N) is 1. The van der Waals surface area contributed by atoms with E-state index in [4.69, 9.17) is 0 Å². The Hall–Kier alpha value is -1.67. The maximum absolute atomic E-state index is 12.9. The number of rotatable bonds is 4. The van der Waals surface area contributed by atoms with Gasteiger partial charge in [0.05, 0.1) is 0 Å². The summed E-state index contributed by atoms with van der Waals surface area (Å²) < 4.78 is 12.9. The van der Waals surface area contributed by atoms with Gasteiger partial charge in [-0.1, -0.05) is 35.9 Å². The summed E-state index contributed by atoms with van der Waals surface area (Å²) in [7, 11) is 0. The standard InChI is InChI=1S/C17H20FN/c1-12-4-5-13(2)16(10-12)11-19-14(3)15-6-8-17(18)9-7-15/h4-10,14,19H,11H2,1-3H3/t14-/m0/s1. The van der Waals surface area contributed by atoms with E-state index in [-0.39, 0.29) is 11.9 Å². The van der Waals surface area contributed by atoms with Gasteiger partial charge in [0.2, 0.25) is 0 Å². The molecule has 0 amide bonds. The fourth-order valence-corrected chi connectivity index (χ4v) is 2.12.